The topological polar surface area (TPSA) is 18.1 Å². The average molecular weight is 776 g/mol. The van der Waals surface area contributed by atoms with Crippen molar-refractivity contribution in [3.05, 3.63) is 181 Å². The highest BCUT2D eigenvalue weighted by Crippen LogP contribution is 2.45. The van der Waals surface area contributed by atoms with E-state index in [1.165, 1.54) is 106 Å². The van der Waals surface area contributed by atoms with Gasteiger partial charge in [0, 0.05) is 74.2 Å². The lowest BCUT2D eigenvalue weighted by molar-refractivity contribution is 0.546. The number of rotatable bonds is 4. The molecular formula is C54H33NOS2. The maximum absolute atomic E-state index is 6.43. The van der Waals surface area contributed by atoms with Gasteiger partial charge in [0.05, 0.1) is 11.0 Å². The second-order valence-corrected chi connectivity index (χ2v) is 17.6. The first kappa shape index (κ1) is 32.4. The van der Waals surface area contributed by atoms with Crippen molar-refractivity contribution in [3.63, 3.8) is 0 Å². The van der Waals surface area contributed by atoms with E-state index in [4.69, 9.17) is 4.42 Å². The van der Waals surface area contributed by atoms with Crippen molar-refractivity contribution in [2.75, 3.05) is 0 Å². The Morgan fingerprint density at radius 2 is 1.03 bits per heavy atom. The van der Waals surface area contributed by atoms with Gasteiger partial charge in [-0.3, -0.25) is 0 Å². The Balaban J connectivity index is 1.05. The Bertz CT molecular complexity index is 3700. The molecule has 1 aliphatic carbocycles. The summed E-state index contributed by atoms with van der Waals surface area (Å²) in [4.78, 5) is 0. The molecule has 8 aromatic carbocycles. The molecular weight excluding hydrogens is 743 g/mol. The van der Waals surface area contributed by atoms with Crippen molar-refractivity contribution in [2.24, 2.45) is 0 Å². The molecule has 0 saturated heterocycles. The SMILES string of the molecule is C1=Cc2c(oc3cccc(-c4ccc5c(c4)c4cc(-c6cccc7c6sc6ccccc67)ccc4n5-c4cccc(-c5cccc6c5sc5ccccc56)c4)c23)CC1. The standard InChI is InChI=1S/C54H33NOS2/c1-4-21-48-43(15-1)52-36(16-10-22-49(52)56-48)33-25-27-46-44(30-33)45-31-34(38-18-9-20-42-40-14-3-6-24-51(40)58-54(38)42)26-28-47(45)55(46)35-12-7-11-32(29-35)37-17-8-19-41-39-13-2-5-23-50(39)57-53(37)41/h1-3,5-20,22-31H,4,21H2. The number of hydrogen-bond donors (Lipinski definition) is 0. The zero-order chi connectivity index (χ0) is 37.9. The predicted octanol–water partition coefficient (Wildman–Crippen LogP) is 16.2. The fraction of sp³-hybridized carbons (Fsp3) is 0.0370. The molecule has 0 saturated carbocycles. The minimum atomic E-state index is 0.943. The van der Waals surface area contributed by atoms with E-state index in [0.717, 1.165) is 29.9 Å². The fourth-order valence-corrected chi connectivity index (χ4v) is 12.1. The molecule has 0 aliphatic heterocycles. The van der Waals surface area contributed by atoms with Crippen LogP contribution in [-0.4, -0.2) is 4.57 Å². The molecule has 58 heavy (non-hydrogen) atoms. The van der Waals surface area contributed by atoms with Gasteiger partial charge in [-0.2, -0.15) is 0 Å². The Hall–Kier alpha value is -6.72. The van der Waals surface area contributed by atoms with Gasteiger partial charge < -0.3 is 8.98 Å². The van der Waals surface area contributed by atoms with Crippen LogP contribution in [0.2, 0.25) is 0 Å². The van der Waals surface area contributed by atoms with Crippen LogP contribution in [0.1, 0.15) is 17.7 Å². The smallest absolute Gasteiger partial charge is 0.135 e. The predicted molar refractivity (Wildman–Crippen MR) is 250 cm³/mol. The van der Waals surface area contributed by atoms with E-state index in [1.807, 2.05) is 22.7 Å². The first-order valence-electron chi connectivity index (χ1n) is 20.0. The van der Waals surface area contributed by atoms with Crippen molar-refractivity contribution in [1.82, 2.24) is 4.57 Å². The zero-order valence-electron chi connectivity index (χ0n) is 31.3. The van der Waals surface area contributed by atoms with Gasteiger partial charge in [-0.05, 0) is 94.4 Å². The molecule has 0 amide bonds. The summed E-state index contributed by atoms with van der Waals surface area (Å²) in [5, 5.41) is 8.96. The highest BCUT2D eigenvalue weighted by atomic mass is 32.1. The van der Waals surface area contributed by atoms with E-state index >= 15 is 0 Å². The van der Waals surface area contributed by atoms with Crippen LogP contribution in [-0.2, 0) is 6.42 Å². The van der Waals surface area contributed by atoms with Crippen molar-refractivity contribution >= 4 is 102 Å². The molecule has 0 radical (unpaired) electrons. The molecule has 0 fully saturated rings. The van der Waals surface area contributed by atoms with Crippen LogP contribution in [0, 0.1) is 0 Å². The van der Waals surface area contributed by atoms with E-state index < -0.39 is 0 Å². The molecule has 2 nitrogen and oxygen atoms in total. The van der Waals surface area contributed by atoms with Crippen LogP contribution in [0.4, 0.5) is 0 Å². The molecule has 1 aliphatic rings. The summed E-state index contributed by atoms with van der Waals surface area (Å²) >= 11 is 3.78. The highest BCUT2D eigenvalue weighted by molar-refractivity contribution is 7.26. The summed E-state index contributed by atoms with van der Waals surface area (Å²) in [6.45, 7) is 0. The molecule has 12 aromatic rings. The number of benzene rings is 8. The highest BCUT2D eigenvalue weighted by Gasteiger charge is 2.21. The van der Waals surface area contributed by atoms with Gasteiger partial charge in [-0.15, -0.1) is 22.7 Å². The second-order valence-electron chi connectivity index (χ2n) is 15.5. The molecule has 4 aromatic heterocycles. The monoisotopic (exact) mass is 775 g/mol. The quantitative estimate of drug-likeness (QED) is 0.174. The van der Waals surface area contributed by atoms with Crippen LogP contribution in [0.5, 0.6) is 0 Å². The van der Waals surface area contributed by atoms with Gasteiger partial charge in [-0.25, -0.2) is 0 Å². The molecule has 0 spiro atoms. The number of hydrogen-bond acceptors (Lipinski definition) is 3. The molecule has 0 N–H and O–H groups in total. The van der Waals surface area contributed by atoms with Crippen LogP contribution in [0.15, 0.2) is 174 Å². The number of allylic oxidation sites excluding steroid dienone is 1. The summed E-state index contributed by atoms with van der Waals surface area (Å²) < 4.78 is 14.2. The third-order valence-corrected chi connectivity index (χ3v) is 14.7. The number of fused-ring (bicyclic) bond motifs is 12. The lowest BCUT2D eigenvalue weighted by atomic mass is 9.94. The Morgan fingerprint density at radius 1 is 0.466 bits per heavy atom. The second kappa shape index (κ2) is 12.4. The number of furan rings is 1. The Labute approximate surface area is 342 Å². The summed E-state index contributed by atoms with van der Waals surface area (Å²) in [5.74, 6) is 1.09. The minimum absolute atomic E-state index is 0.943. The van der Waals surface area contributed by atoms with E-state index in [2.05, 4.69) is 181 Å². The zero-order valence-corrected chi connectivity index (χ0v) is 33.0. The number of thiophene rings is 2. The van der Waals surface area contributed by atoms with Crippen molar-refractivity contribution in [1.29, 1.82) is 0 Å². The lowest BCUT2D eigenvalue weighted by Gasteiger charge is -2.12. The molecule has 0 unspecified atom stereocenters. The lowest BCUT2D eigenvalue weighted by Crippen LogP contribution is -1.94. The van der Waals surface area contributed by atoms with Gasteiger partial charge in [-0.1, -0.05) is 121 Å². The van der Waals surface area contributed by atoms with Crippen LogP contribution < -0.4 is 0 Å². The third kappa shape index (κ3) is 4.70. The first-order chi connectivity index (χ1) is 28.7. The number of aryl methyl sites for hydroxylation is 1. The van der Waals surface area contributed by atoms with Gasteiger partial charge in [0.15, 0.2) is 0 Å². The van der Waals surface area contributed by atoms with E-state index in [9.17, 15) is 0 Å². The summed E-state index contributed by atoms with van der Waals surface area (Å²) in [5.41, 5.74) is 13.1. The van der Waals surface area contributed by atoms with Crippen LogP contribution in [0.25, 0.3) is 118 Å². The van der Waals surface area contributed by atoms with Crippen molar-refractivity contribution in [2.45, 2.75) is 12.8 Å². The van der Waals surface area contributed by atoms with Gasteiger partial charge in [0.2, 0.25) is 0 Å². The first-order valence-corrected chi connectivity index (χ1v) is 21.6. The fourth-order valence-electron chi connectivity index (χ4n) is 9.64. The van der Waals surface area contributed by atoms with Crippen molar-refractivity contribution < 1.29 is 4.42 Å². The van der Waals surface area contributed by atoms with E-state index in [-0.39, 0.29) is 0 Å². The van der Waals surface area contributed by atoms with Crippen molar-refractivity contribution in [3.8, 4) is 39.1 Å². The molecule has 4 heteroatoms. The Morgan fingerprint density at radius 3 is 1.72 bits per heavy atom. The molecule has 0 atom stereocenters. The van der Waals surface area contributed by atoms with Gasteiger partial charge >= 0.3 is 0 Å². The molecule has 0 bridgehead atoms. The normalized spacial score (nSPS) is 13.0. The maximum Gasteiger partial charge on any atom is 0.135 e. The molecule has 13 rings (SSSR count). The van der Waals surface area contributed by atoms with Gasteiger partial charge in [0.25, 0.3) is 0 Å². The number of aromatic nitrogens is 1. The maximum atomic E-state index is 6.43. The van der Waals surface area contributed by atoms with E-state index in [1.54, 1.807) is 0 Å². The third-order valence-electron chi connectivity index (χ3n) is 12.3. The molecule has 272 valence electrons. The average Bonchev–Trinajstić information content (AvgIpc) is 4.05. The minimum Gasteiger partial charge on any atom is -0.460 e. The van der Waals surface area contributed by atoms with Gasteiger partial charge in [0.1, 0.15) is 11.3 Å². The van der Waals surface area contributed by atoms with Crippen LogP contribution >= 0.6 is 22.7 Å². The summed E-state index contributed by atoms with van der Waals surface area (Å²) in [7, 11) is 0. The largest absolute Gasteiger partial charge is 0.460 e. The molecule has 4 heterocycles. The summed E-state index contributed by atoms with van der Waals surface area (Å²) in [6.07, 6.45) is 6.49. The Kier molecular flexibility index (Phi) is 6.91. The summed E-state index contributed by atoms with van der Waals surface area (Å²) in [6, 6.07) is 60.8. The van der Waals surface area contributed by atoms with E-state index in [0.29, 0.717) is 0 Å². The number of nitrogens with zero attached hydrogens (tertiary/aromatic N) is 1. The van der Waals surface area contributed by atoms with Crippen LogP contribution in [0.3, 0.4) is 0 Å².